The van der Waals surface area contributed by atoms with Crippen molar-refractivity contribution in [3.63, 3.8) is 0 Å². The van der Waals surface area contributed by atoms with Crippen molar-refractivity contribution in [3.8, 4) is 0 Å². The van der Waals surface area contributed by atoms with Crippen LogP contribution in [0.15, 0.2) is 36.4 Å². The molecule has 0 aliphatic carbocycles. The lowest BCUT2D eigenvalue weighted by molar-refractivity contribution is 0.355. The first-order valence-corrected chi connectivity index (χ1v) is 5.03. The Morgan fingerprint density at radius 3 is 2.64 bits per heavy atom. The highest BCUT2D eigenvalue weighted by Crippen LogP contribution is 2.16. The Bertz CT molecular complexity index is 320. The lowest BCUT2D eigenvalue weighted by Gasteiger charge is -2.17. The molecule has 76 valence electrons. The Balaban J connectivity index is 2.60. The van der Waals surface area contributed by atoms with Gasteiger partial charge in [0.1, 0.15) is 0 Å². The van der Waals surface area contributed by atoms with Crippen molar-refractivity contribution in [2.45, 2.75) is 13.5 Å². The first kappa shape index (κ1) is 11.3. The van der Waals surface area contributed by atoms with Gasteiger partial charge in [0.25, 0.3) is 0 Å². The minimum atomic E-state index is 0.834. The van der Waals surface area contributed by atoms with Crippen LogP contribution in [0.4, 0.5) is 0 Å². The lowest BCUT2D eigenvalue weighted by Crippen LogP contribution is -2.19. The van der Waals surface area contributed by atoms with Gasteiger partial charge in [0.05, 0.1) is 0 Å². The highest BCUT2D eigenvalue weighted by molar-refractivity contribution is 6.31. The summed E-state index contributed by atoms with van der Waals surface area (Å²) >= 11 is 6.06. The van der Waals surface area contributed by atoms with Gasteiger partial charge in [0.2, 0.25) is 0 Å². The summed E-state index contributed by atoms with van der Waals surface area (Å²) in [7, 11) is 2.07. The van der Waals surface area contributed by atoms with Crippen molar-refractivity contribution in [2.24, 2.45) is 0 Å². The second kappa shape index (κ2) is 5.18. The van der Waals surface area contributed by atoms with Gasteiger partial charge in [-0.25, -0.2) is 0 Å². The standard InChI is InChI=1S/C12H16ClN/c1-10(2)8-14(3)9-11-6-4-5-7-12(11)13/h4-7H,1,8-9H2,2-3H3. The molecule has 0 spiro atoms. The molecule has 14 heavy (non-hydrogen) atoms. The summed E-state index contributed by atoms with van der Waals surface area (Å²) in [5, 5.41) is 0.834. The number of hydrogen-bond donors (Lipinski definition) is 0. The number of halogens is 1. The van der Waals surface area contributed by atoms with E-state index < -0.39 is 0 Å². The van der Waals surface area contributed by atoms with E-state index >= 15 is 0 Å². The molecule has 0 radical (unpaired) electrons. The molecule has 0 aromatic heterocycles. The molecular formula is C12H16ClN. The highest BCUT2D eigenvalue weighted by Gasteiger charge is 2.03. The van der Waals surface area contributed by atoms with Crippen LogP contribution in [0.2, 0.25) is 5.02 Å². The van der Waals surface area contributed by atoms with E-state index in [0.29, 0.717) is 0 Å². The Labute approximate surface area is 91.0 Å². The van der Waals surface area contributed by atoms with Crippen LogP contribution < -0.4 is 0 Å². The summed E-state index contributed by atoms with van der Waals surface area (Å²) in [6.07, 6.45) is 0. The fraction of sp³-hybridized carbons (Fsp3) is 0.333. The summed E-state index contributed by atoms with van der Waals surface area (Å²) in [6.45, 7) is 7.69. The van der Waals surface area contributed by atoms with Crippen LogP contribution in [0.3, 0.4) is 0 Å². The van der Waals surface area contributed by atoms with Gasteiger partial charge < -0.3 is 0 Å². The zero-order valence-corrected chi connectivity index (χ0v) is 9.51. The number of hydrogen-bond acceptors (Lipinski definition) is 1. The molecule has 1 rings (SSSR count). The molecule has 0 atom stereocenters. The van der Waals surface area contributed by atoms with E-state index in [1.807, 2.05) is 25.1 Å². The largest absolute Gasteiger partial charge is 0.298 e. The molecule has 2 heteroatoms. The van der Waals surface area contributed by atoms with Gasteiger partial charge in [-0.3, -0.25) is 4.90 Å². The zero-order valence-electron chi connectivity index (χ0n) is 8.76. The molecule has 1 nitrogen and oxygen atoms in total. The minimum absolute atomic E-state index is 0.834. The average Bonchev–Trinajstić information content (AvgIpc) is 2.07. The number of benzene rings is 1. The SMILES string of the molecule is C=C(C)CN(C)Cc1ccccc1Cl. The maximum absolute atomic E-state index is 6.06. The smallest absolute Gasteiger partial charge is 0.0451 e. The molecule has 0 aliphatic rings. The third-order valence-electron chi connectivity index (χ3n) is 1.94. The van der Waals surface area contributed by atoms with Gasteiger partial charge in [-0.15, -0.1) is 0 Å². The van der Waals surface area contributed by atoms with E-state index in [0.717, 1.165) is 23.7 Å². The summed E-state index contributed by atoms with van der Waals surface area (Å²) in [6, 6.07) is 7.93. The van der Waals surface area contributed by atoms with Crippen LogP contribution in [-0.4, -0.2) is 18.5 Å². The maximum Gasteiger partial charge on any atom is 0.0451 e. The van der Waals surface area contributed by atoms with Crippen molar-refractivity contribution in [1.82, 2.24) is 4.90 Å². The van der Waals surface area contributed by atoms with Gasteiger partial charge in [-0.1, -0.05) is 42.0 Å². The van der Waals surface area contributed by atoms with E-state index in [1.165, 1.54) is 5.57 Å². The predicted molar refractivity (Wildman–Crippen MR) is 62.6 cm³/mol. The molecule has 0 fully saturated rings. The fourth-order valence-electron chi connectivity index (χ4n) is 1.43. The molecule has 0 saturated heterocycles. The van der Waals surface area contributed by atoms with Crippen LogP contribution in [-0.2, 0) is 6.54 Å². The molecule has 1 aromatic rings. The highest BCUT2D eigenvalue weighted by atomic mass is 35.5. The van der Waals surface area contributed by atoms with E-state index in [2.05, 4.69) is 24.6 Å². The quantitative estimate of drug-likeness (QED) is 0.688. The maximum atomic E-state index is 6.06. The first-order valence-electron chi connectivity index (χ1n) is 4.66. The van der Waals surface area contributed by atoms with Gasteiger partial charge >= 0.3 is 0 Å². The third-order valence-corrected chi connectivity index (χ3v) is 2.31. The van der Waals surface area contributed by atoms with Crippen LogP contribution in [0.25, 0.3) is 0 Å². The Hall–Kier alpha value is -0.790. The van der Waals surface area contributed by atoms with Gasteiger partial charge in [-0.2, -0.15) is 0 Å². The van der Waals surface area contributed by atoms with Crippen molar-refractivity contribution in [3.05, 3.63) is 47.0 Å². The molecule has 0 saturated carbocycles. The molecule has 0 amide bonds. The predicted octanol–water partition coefficient (Wildman–Crippen LogP) is 3.35. The van der Waals surface area contributed by atoms with E-state index in [-0.39, 0.29) is 0 Å². The Kier molecular flexibility index (Phi) is 4.18. The second-order valence-electron chi connectivity index (χ2n) is 3.72. The van der Waals surface area contributed by atoms with Gasteiger partial charge in [-0.05, 0) is 25.6 Å². The minimum Gasteiger partial charge on any atom is -0.298 e. The number of nitrogens with zero attached hydrogens (tertiary/aromatic N) is 1. The van der Waals surface area contributed by atoms with Crippen LogP contribution >= 0.6 is 11.6 Å². The van der Waals surface area contributed by atoms with E-state index in [9.17, 15) is 0 Å². The normalized spacial score (nSPS) is 10.6. The number of rotatable bonds is 4. The van der Waals surface area contributed by atoms with Crippen molar-refractivity contribution in [1.29, 1.82) is 0 Å². The molecule has 0 aliphatic heterocycles. The summed E-state index contributed by atoms with van der Waals surface area (Å²) in [4.78, 5) is 2.20. The van der Waals surface area contributed by atoms with E-state index in [1.54, 1.807) is 0 Å². The molecular weight excluding hydrogens is 194 g/mol. The average molecular weight is 210 g/mol. The first-order chi connectivity index (χ1) is 6.59. The lowest BCUT2D eigenvalue weighted by atomic mass is 10.2. The van der Waals surface area contributed by atoms with Gasteiger partial charge in [0.15, 0.2) is 0 Å². The van der Waals surface area contributed by atoms with Crippen molar-refractivity contribution in [2.75, 3.05) is 13.6 Å². The monoisotopic (exact) mass is 209 g/mol. The topological polar surface area (TPSA) is 3.24 Å². The van der Waals surface area contributed by atoms with Crippen LogP contribution in [0.5, 0.6) is 0 Å². The summed E-state index contributed by atoms with van der Waals surface area (Å²) < 4.78 is 0. The summed E-state index contributed by atoms with van der Waals surface area (Å²) in [5.74, 6) is 0. The third kappa shape index (κ3) is 3.52. The van der Waals surface area contributed by atoms with Crippen LogP contribution in [0.1, 0.15) is 12.5 Å². The summed E-state index contributed by atoms with van der Waals surface area (Å²) in [5.41, 5.74) is 2.33. The second-order valence-corrected chi connectivity index (χ2v) is 4.13. The van der Waals surface area contributed by atoms with Crippen LogP contribution in [0, 0.1) is 0 Å². The molecule has 0 bridgehead atoms. The number of likely N-dealkylation sites (N-methyl/N-ethyl adjacent to an activating group) is 1. The Morgan fingerprint density at radius 1 is 1.43 bits per heavy atom. The van der Waals surface area contributed by atoms with E-state index in [4.69, 9.17) is 11.6 Å². The zero-order chi connectivity index (χ0) is 10.6. The molecule has 0 unspecified atom stereocenters. The molecule has 0 heterocycles. The van der Waals surface area contributed by atoms with Gasteiger partial charge in [0, 0.05) is 18.1 Å². The van der Waals surface area contributed by atoms with Crippen molar-refractivity contribution < 1.29 is 0 Å². The molecule has 0 N–H and O–H groups in total. The fourth-order valence-corrected chi connectivity index (χ4v) is 1.63. The Morgan fingerprint density at radius 2 is 2.07 bits per heavy atom. The van der Waals surface area contributed by atoms with Crippen molar-refractivity contribution >= 4 is 11.6 Å². The molecule has 1 aromatic carbocycles.